The van der Waals surface area contributed by atoms with Crippen LogP contribution in [0.15, 0.2) is 42.7 Å². The number of rotatable bonds is 5. The van der Waals surface area contributed by atoms with Crippen molar-refractivity contribution in [3.8, 4) is 11.5 Å². The fraction of sp³-hybridized carbons (Fsp3) is 0.476. The molecule has 0 N–H and O–H groups in total. The van der Waals surface area contributed by atoms with E-state index in [-0.39, 0.29) is 11.7 Å². The molecule has 2 saturated heterocycles. The summed E-state index contributed by atoms with van der Waals surface area (Å²) in [7, 11) is 0. The van der Waals surface area contributed by atoms with Gasteiger partial charge in [-0.25, -0.2) is 0 Å². The van der Waals surface area contributed by atoms with Crippen molar-refractivity contribution in [2.45, 2.75) is 37.7 Å². The quantitative estimate of drug-likeness (QED) is 0.809. The minimum Gasteiger partial charge on any atom is -0.454 e. The van der Waals surface area contributed by atoms with Crippen LogP contribution in [0, 0.1) is 0 Å². The highest BCUT2D eigenvalue weighted by Gasteiger charge is 2.47. The third-order valence-electron chi connectivity index (χ3n) is 5.55. The number of fused-ring (bicyclic) bond motifs is 1. The molecule has 1 aromatic carbocycles. The van der Waals surface area contributed by atoms with E-state index >= 15 is 0 Å². The maximum Gasteiger partial charge on any atom is 0.231 e. The van der Waals surface area contributed by atoms with Crippen LogP contribution < -0.4 is 9.47 Å². The summed E-state index contributed by atoms with van der Waals surface area (Å²) in [6, 6.07) is 10.2. The highest BCUT2D eigenvalue weighted by molar-refractivity contribution is 5.44. The Hall–Kier alpha value is -2.15. The number of hydrogen-bond acceptors (Lipinski definition) is 6. The number of likely N-dealkylation sites (tertiary alicyclic amines) is 1. The van der Waals surface area contributed by atoms with Gasteiger partial charge in [0.05, 0.1) is 18.3 Å². The van der Waals surface area contributed by atoms with E-state index in [1.165, 1.54) is 11.1 Å². The van der Waals surface area contributed by atoms with Crippen molar-refractivity contribution in [2.24, 2.45) is 0 Å². The van der Waals surface area contributed by atoms with E-state index in [2.05, 4.69) is 22.0 Å². The zero-order chi connectivity index (χ0) is 18.1. The second-order valence-electron chi connectivity index (χ2n) is 7.65. The van der Waals surface area contributed by atoms with Gasteiger partial charge in [-0.2, -0.15) is 0 Å². The van der Waals surface area contributed by atoms with Crippen LogP contribution in [0.2, 0.25) is 0 Å². The summed E-state index contributed by atoms with van der Waals surface area (Å²) in [4.78, 5) is 6.47. The molecule has 0 saturated carbocycles. The maximum absolute atomic E-state index is 6.15. The van der Waals surface area contributed by atoms with Crippen LogP contribution in [0.3, 0.4) is 0 Å². The van der Waals surface area contributed by atoms with Crippen molar-refractivity contribution in [2.75, 3.05) is 26.5 Å². The van der Waals surface area contributed by atoms with Crippen LogP contribution in [0.4, 0.5) is 0 Å². The van der Waals surface area contributed by atoms with Gasteiger partial charge in [0, 0.05) is 45.1 Å². The summed E-state index contributed by atoms with van der Waals surface area (Å²) in [5.74, 6) is 1.69. The molecule has 0 bridgehead atoms. The van der Waals surface area contributed by atoms with Crippen LogP contribution in [0.5, 0.6) is 11.5 Å². The molecule has 2 fully saturated rings. The first-order valence-electron chi connectivity index (χ1n) is 9.53. The Bertz CT molecular complexity index is 792. The summed E-state index contributed by atoms with van der Waals surface area (Å²) in [6.07, 6.45) is 5.82. The van der Waals surface area contributed by atoms with Gasteiger partial charge in [-0.15, -0.1) is 0 Å². The Morgan fingerprint density at radius 1 is 1.07 bits per heavy atom. The molecular formula is C21H24N2O4. The molecule has 5 rings (SSSR count). The molecule has 6 nitrogen and oxygen atoms in total. The van der Waals surface area contributed by atoms with Crippen LogP contribution in [0.25, 0.3) is 0 Å². The van der Waals surface area contributed by atoms with Crippen LogP contribution >= 0.6 is 0 Å². The molecule has 3 aliphatic rings. The van der Waals surface area contributed by atoms with Crippen molar-refractivity contribution in [1.82, 2.24) is 9.88 Å². The fourth-order valence-electron chi connectivity index (χ4n) is 4.22. The number of aromatic nitrogens is 1. The van der Waals surface area contributed by atoms with Gasteiger partial charge in [0.1, 0.15) is 0 Å². The number of ether oxygens (including phenoxy) is 4. The Kier molecular flexibility index (Phi) is 4.47. The van der Waals surface area contributed by atoms with E-state index in [1.807, 2.05) is 30.6 Å². The minimum absolute atomic E-state index is 0.0441. The van der Waals surface area contributed by atoms with E-state index < -0.39 is 0 Å². The second kappa shape index (κ2) is 7.11. The van der Waals surface area contributed by atoms with Crippen LogP contribution in [-0.4, -0.2) is 48.1 Å². The zero-order valence-corrected chi connectivity index (χ0v) is 15.3. The number of hydrogen-bond donors (Lipinski definition) is 0. The van der Waals surface area contributed by atoms with Gasteiger partial charge in [-0.05, 0) is 41.8 Å². The van der Waals surface area contributed by atoms with E-state index in [0.29, 0.717) is 13.4 Å². The molecule has 1 atom stereocenters. The SMILES string of the molecule is c1cc(COC2CCOC3(C2)CN(Cc2ccc4c(c2)OCO4)C3)ccn1. The molecule has 3 aliphatic heterocycles. The standard InChI is InChI=1S/C21H24N2O4/c1-2-19-20(26-15-25-19)9-17(1)11-23-13-21(14-23)10-18(5-8-27-21)24-12-16-3-6-22-7-4-16/h1-4,6-7,9,18H,5,8,10-15H2. The Morgan fingerprint density at radius 3 is 2.81 bits per heavy atom. The van der Waals surface area contributed by atoms with Crippen LogP contribution in [-0.2, 0) is 22.6 Å². The van der Waals surface area contributed by atoms with Gasteiger partial charge in [0.25, 0.3) is 0 Å². The summed E-state index contributed by atoms with van der Waals surface area (Å²) in [5, 5.41) is 0. The summed E-state index contributed by atoms with van der Waals surface area (Å²) < 4.78 is 23.2. The van der Waals surface area contributed by atoms with E-state index in [9.17, 15) is 0 Å². The summed E-state index contributed by atoms with van der Waals surface area (Å²) in [6.45, 7) is 4.56. The molecule has 0 radical (unpaired) electrons. The fourth-order valence-corrected chi connectivity index (χ4v) is 4.22. The Morgan fingerprint density at radius 2 is 1.93 bits per heavy atom. The predicted octanol–water partition coefficient (Wildman–Crippen LogP) is 2.76. The van der Waals surface area contributed by atoms with Gasteiger partial charge < -0.3 is 18.9 Å². The van der Waals surface area contributed by atoms with E-state index in [0.717, 1.165) is 50.6 Å². The third-order valence-corrected chi connectivity index (χ3v) is 5.55. The maximum atomic E-state index is 6.15. The van der Waals surface area contributed by atoms with E-state index in [1.54, 1.807) is 0 Å². The van der Waals surface area contributed by atoms with Crippen LogP contribution in [0.1, 0.15) is 24.0 Å². The molecule has 27 heavy (non-hydrogen) atoms. The lowest BCUT2D eigenvalue weighted by molar-refractivity contribution is -0.200. The van der Waals surface area contributed by atoms with Gasteiger partial charge in [-0.3, -0.25) is 9.88 Å². The molecule has 4 heterocycles. The molecule has 1 aromatic heterocycles. The number of benzene rings is 1. The van der Waals surface area contributed by atoms with Crippen molar-refractivity contribution in [1.29, 1.82) is 0 Å². The molecule has 1 spiro atoms. The van der Waals surface area contributed by atoms with E-state index in [4.69, 9.17) is 18.9 Å². The smallest absolute Gasteiger partial charge is 0.231 e. The summed E-state index contributed by atoms with van der Waals surface area (Å²) >= 11 is 0. The highest BCUT2D eigenvalue weighted by atomic mass is 16.7. The topological polar surface area (TPSA) is 53.1 Å². The predicted molar refractivity (Wildman–Crippen MR) is 98.6 cm³/mol. The lowest BCUT2D eigenvalue weighted by Crippen LogP contribution is -2.65. The number of nitrogens with zero attached hydrogens (tertiary/aromatic N) is 2. The van der Waals surface area contributed by atoms with Crippen molar-refractivity contribution >= 4 is 0 Å². The first-order chi connectivity index (χ1) is 13.3. The molecule has 2 aromatic rings. The average molecular weight is 368 g/mol. The molecular weight excluding hydrogens is 344 g/mol. The third kappa shape index (κ3) is 3.65. The van der Waals surface area contributed by atoms with Gasteiger partial charge in [0.2, 0.25) is 6.79 Å². The summed E-state index contributed by atoms with van der Waals surface area (Å²) in [5.41, 5.74) is 2.37. The normalized spacial score (nSPS) is 23.3. The lowest BCUT2D eigenvalue weighted by Gasteiger charge is -2.53. The molecule has 0 aliphatic carbocycles. The molecule has 1 unspecified atom stereocenters. The highest BCUT2D eigenvalue weighted by Crippen LogP contribution is 2.38. The largest absolute Gasteiger partial charge is 0.454 e. The zero-order valence-electron chi connectivity index (χ0n) is 15.3. The van der Waals surface area contributed by atoms with Gasteiger partial charge >= 0.3 is 0 Å². The lowest BCUT2D eigenvalue weighted by atomic mass is 9.84. The average Bonchev–Trinajstić information content (AvgIpc) is 3.14. The van der Waals surface area contributed by atoms with Crippen molar-refractivity contribution in [3.05, 3.63) is 53.9 Å². The van der Waals surface area contributed by atoms with Gasteiger partial charge in [-0.1, -0.05) is 6.07 Å². The minimum atomic E-state index is -0.0441. The van der Waals surface area contributed by atoms with Crippen molar-refractivity contribution in [3.63, 3.8) is 0 Å². The second-order valence-corrected chi connectivity index (χ2v) is 7.65. The Balaban J connectivity index is 1.13. The first-order valence-corrected chi connectivity index (χ1v) is 9.53. The van der Waals surface area contributed by atoms with Crippen molar-refractivity contribution < 1.29 is 18.9 Å². The molecule has 0 amide bonds. The molecule has 6 heteroatoms. The molecule has 142 valence electrons. The first kappa shape index (κ1) is 17.0. The Labute approximate surface area is 159 Å². The number of pyridine rings is 1. The van der Waals surface area contributed by atoms with Gasteiger partial charge in [0.15, 0.2) is 11.5 Å². The monoisotopic (exact) mass is 368 g/mol.